The Balaban J connectivity index is 2.83. The molecule has 0 fully saturated rings. The summed E-state index contributed by atoms with van der Waals surface area (Å²) in [6.07, 6.45) is 1.49. The zero-order valence-corrected chi connectivity index (χ0v) is 15.4. The van der Waals surface area contributed by atoms with Gasteiger partial charge in [0.25, 0.3) is 0 Å². The van der Waals surface area contributed by atoms with E-state index in [0.29, 0.717) is 16.3 Å². The summed E-state index contributed by atoms with van der Waals surface area (Å²) in [5.41, 5.74) is 0.976. The molecule has 1 heterocycles. The highest BCUT2D eigenvalue weighted by atomic mass is 127. The second-order valence-electron chi connectivity index (χ2n) is 3.43. The molecular weight excluding hydrogens is 486 g/mol. The maximum absolute atomic E-state index is 6.19. The first-order valence-electron chi connectivity index (χ1n) is 4.67. The van der Waals surface area contributed by atoms with Crippen LogP contribution in [0.4, 0.5) is 0 Å². The second kappa shape index (κ2) is 6.30. The van der Waals surface area contributed by atoms with Gasteiger partial charge in [-0.1, -0.05) is 69.6 Å². The fraction of sp³-hybridized carbons (Fsp3) is 0. The predicted octanol–water partition coefficient (Wildman–Crippen LogP) is 7.27. The van der Waals surface area contributed by atoms with E-state index in [4.69, 9.17) is 69.6 Å². The minimum absolute atomic E-state index is 0.117. The SMILES string of the molecule is Clc1cnc(-c2c(Cl)c(Cl)c(Cl)c(Cl)c2Cl)c(I)c1. The maximum atomic E-state index is 6.19. The summed E-state index contributed by atoms with van der Waals surface area (Å²) in [6, 6.07) is 1.73. The summed E-state index contributed by atoms with van der Waals surface area (Å²) in [4.78, 5) is 4.21. The minimum atomic E-state index is 0.117. The Kier molecular flexibility index (Phi) is 5.38. The third-order valence-electron chi connectivity index (χ3n) is 2.25. The Bertz CT molecular complexity index is 644. The first kappa shape index (κ1) is 16.2. The Labute approximate surface area is 153 Å². The van der Waals surface area contributed by atoms with Gasteiger partial charge in [0.2, 0.25) is 0 Å². The van der Waals surface area contributed by atoms with Crippen LogP contribution in [-0.2, 0) is 0 Å². The van der Waals surface area contributed by atoms with E-state index in [1.165, 1.54) is 6.20 Å². The van der Waals surface area contributed by atoms with E-state index in [9.17, 15) is 0 Å². The van der Waals surface area contributed by atoms with Crippen LogP contribution in [0.2, 0.25) is 30.1 Å². The molecule has 1 aromatic heterocycles. The number of hydrogen-bond donors (Lipinski definition) is 0. The van der Waals surface area contributed by atoms with Crippen LogP contribution in [0.1, 0.15) is 0 Å². The Morgan fingerprint density at radius 3 is 1.74 bits per heavy atom. The number of pyridine rings is 1. The summed E-state index contributed by atoms with van der Waals surface area (Å²) >= 11 is 38.3. The van der Waals surface area contributed by atoms with E-state index in [1.54, 1.807) is 6.07 Å². The molecule has 0 aliphatic heterocycles. The number of benzene rings is 1. The van der Waals surface area contributed by atoms with E-state index >= 15 is 0 Å². The van der Waals surface area contributed by atoms with E-state index < -0.39 is 0 Å². The monoisotopic (exact) mass is 485 g/mol. The standard InChI is InChI=1S/C11H2Cl6IN/c12-3-1-4(18)11(19-2-3)5-6(13)8(15)10(17)9(16)7(5)14/h1-2H. The van der Waals surface area contributed by atoms with Crippen molar-refractivity contribution >= 4 is 92.2 Å². The van der Waals surface area contributed by atoms with Crippen molar-refractivity contribution in [2.24, 2.45) is 0 Å². The van der Waals surface area contributed by atoms with Crippen molar-refractivity contribution in [1.82, 2.24) is 4.98 Å². The normalized spacial score (nSPS) is 10.9. The second-order valence-corrected chi connectivity index (χ2v) is 6.92. The lowest BCUT2D eigenvalue weighted by molar-refractivity contribution is 1.31. The number of rotatable bonds is 1. The van der Waals surface area contributed by atoms with Gasteiger partial charge in [0, 0.05) is 15.3 Å². The molecule has 0 amide bonds. The van der Waals surface area contributed by atoms with Gasteiger partial charge in [0.05, 0.1) is 35.8 Å². The number of aromatic nitrogens is 1. The minimum Gasteiger partial charge on any atom is -0.253 e. The smallest absolute Gasteiger partial charge is 0.0867 e. The fourth-order valence-electron chi connectivity index (χ4n) is 1.41. The van der Waals surface area contributed by atoms with Gasteiger partial charge in [-0.2, -0.15) is 0 Å². The zero-order valence-electron chi connectivity index (χ0n) is 8.75. The predicted molar refractivity (Wildman–Crippen MR) is 92.4 cm³/mol. The molecule has 0 N–H and O–H groups in total. The summed E-state index contributed by atoms with van der Waals surface area (Å²) in [5, 5.41) is 1.31. The van der Waals surface area contributed by atoms with Gasteiger partial charge in [0.1, 0.15) is 0 Å². The van der Waals surface area contributed by atoms with Crippen LogP contribution in [0.15, 0.2) is 12.3 Å². The molecule has 0 saturated carbocycles. The van der Waals surface area contributed by atoms with Crippen LogP contribution in [0.3, 0.4) is 0 Å². The molecule has 1 nitrogen and oxygen atoms in total. The molecule has 8 heteroatoms. The molecule has 0 aliphatic carbocycles. The lowest BCUT2D eigenvalue weighted by atomic mass is 10.1. The first-order chi connectivity index (χ1) is 8.84. The van der Waals surface area contributed by atoms with E-state index in [2.05, 4.69) is 27.6 Å². The van der Waals surface area contributed by atoms with Gasteiger partial charge < -0.3 is 0 Å². The fourth-order valence-corrected chi connectivity index (χ4v) is 3.82. The molecule has 1 aromatic carbocycles. The third-order valence-corrected chi connectivity index (χ3v) is 5.56. The average Bonchev–Trinajstić information content (AvgIpc) is 2.37. The van der Waals surface area contributed by atoms with Crippen molar-refractivity contribution < 1.29 is 0 Å². The maximum Gasteiger partial charge on any atom is 0.0867 e. The Hall–Kier alpha value is 0.840. The van der Waals surface area contributed by atoms with Gasteiger partial charge >= 0.3 is 0 Å². The van der Waals surface area contributed by atoms with Crippen molar-refractivity contribution in [3.8, 4) is 11.3 Å². The largest absolute Gasteiger partial charge is 0.253 e. The number of nitrogens with zero attached hydrogens (tertiary/aromatic N) is 1. The van der Waals surface area contributed by atoms with Gasteiger partial charge in [-0.3, -0.25) is 4.98 Å². The van der Waals surface area contributed by atoms with Crippen LogP contribution in [0.5, 0.6) is 0 Å². The molecule has 0 radical (unpaired) electrons. The molecule has 0 bridgehead atoms. The van der Waals surface area contributed by atoms with Crippen molar-refractivity contribution in [3.05, 3.63) is 46.0 Å². The van der Waals surface area contributed by atoms with Crippen molar-refractivity contribution in [2.45, 2.75) is 0 Å². The molecule has 0 atom stereocenters. The van der Waals surface area contributed by atoms with Crippen LogP contribution >= 0.6 is 92.2 Å². The van der Waals surface area contributed by atoms with Crippen LogP contribution in [0.25, 0.3) is 11.3 Å². The van der Waals surface area contributed by atoms with Crippen molar-refractivity contribution in [2.75, 3.05) is 0 Å². The molecule has 2 rings (SSSR count). The highest BCUT2D eigenvalue weighted by Gasteiger charge is 2.22. The summed E-state index contributed by atoms with van der Waals surface area (Å²) in [6.45, 7) is 0. The number of halogens is 7. The highest BCUT2D eigenvalue weighted by molar-refractivity contribution is 14.1. The average molecular weight is 488 g/mol. The van der Waals surface area contributed by atoms with Crippen LogP contribution < -0.4 is 0 Å². The van der Waals surface area contributed by atoms with Gasteiger partial charge in [-0.15, -0.1) is 0 Å². The van der Waals surface area contributed by atoms with Crippen LogP contribution in [0, 0.1) is 3.57 Å². The quantitative estimate of drug-likeness (QED) is 0.234. The summed E-state index contributed by atoms with van der Waals surface area (Å²) in [7, 11) is 0. The highest BCUT2D eigenvalue weighted by Crippen LogP contribution is 2.48. The molecule has 0 unspecified atom stereocenters. The molecule has 19 heavy (non-hydrogen) atoms. The molecule has 0 saturated heterocycles. The van der Waals surface area contributed by atoms with Gasteiger partial charge in [-0.25, -0.2) is 0 Å². The van der Waals surface area contributed by atoms with E-state index in [-0.39, 0.29) is 25.1 Å². The lowest BCUT2D eigenvalue weighted by Gasteiger charge is -2.13. The Morgan fingerprint density at radius 1 is 0.789 bits per heavy atom. The molecular formula is C11H2Cl6IN. The molecule has 0 aliphatic rings. The number of hydrogen-bond acceptors (Lipinski definition) is 1. The summed E-state index contributed by atoms with van der Waals surface area (Å²) in [5.74, 6) is 0. The van der Waals surface area contributed by atoms with Crippen LogP contribution in [-0.4, -0.2) is 4.98 Å². The molecule has 0 spiro atoms. The van der Waals surface area contributed by atoms with Crippen molar-refractivity contribution in [3.63, 3.8) is 0 Å². The topological polar surface area (TPSA) is 12.9 Å². The van der Waals surface area contributed by atoms with E-state index in [1.807, 2.05) is 0 Å². The summed E-state index contributed by atoms with van der Waals surface area (Å²) < 4.78 is 0.767. The van der Waals surface area contributed by atoms with E-state index in [0.717, 1.165) is 3.57 Å². The van der Waals surface area contributed by atoms with Crippen molar-refractivity contribution in [1.29, 1.82) is 0 Å². The zero-order chi connectivity index (χ0) is 14.3. The first-order valence-corrected chi connectivity index (χ1v) is 8.02. The van der Waals surface area contributed by atoms with Gasteiger partial charge in [-0.05, 0) is 28.7 Å². The lowest BCUT2D eigenvalue weighted by Crippen LogP contribution is -1.92. The molecule has 100 valence electrons. The Morgan fingerprint density at radius 2 is 1.26 bits per heavy atom. The third kappa shape index (κ3) is 3.05. The van der Waals surface area contributed by atoms with Gasteiger partial charge in [0.15, 0.2) is 0 Å². The molecule has 2 aromatic rings.